The van der Waals surface area contributed by atoms with Gasteiger partial charge in [0.2, 0.25) is 0 Å². The van der Waals surface area contributed by atoms with Gasteiger partial charge in [0.15, 0.2) is 0 Å². The van der Waals surface area contributed by atoms with Crippen LogP contribution in [0, 0.1) is 12.7 Å². The lowest BCUT2D eigenvalue weighted by Gasteiger charge is -2.26. The Labute approximate surface area is 203 Å². The van der Waals surface area contributed by atoms with E-state index >= 15 is 0 Å². The van der Waals surface area contributed by atoms with Crippen molar-refractivity contribution in [3.8, 4) is 0 Å². The van der Waals surface area contributed by atoms with Gasteiger partial charge in [-0.05, 0) is 59.5 Å². The zero-order chi connectivity index (χ0) is 23.7. The number of hydrogen-bond acceptors (Lipinski definition) is 3. The van der Waals surface area contributed by atoms with Gasteiger partial charge in [-0.15, -0.1) is 0 Å². The SMILES string of the molecule is Cc1ccc(N2C(=O)NC(=O)/C(=C\c3ccc(Cc4ccccc4F)c(Br)c3)C2=O)cc1Cl. The third kappa shape index (κ3) is 4.74. The normalized spacial score (nSPS) is 15.2. The second kappa shape index (κ2) is 9.29. The Balaban J connectivity index is 1.64. The molecule has 0 aromatic heterocycles. The second-order valence-corrected chi connectivity index (χ2v) is 8.77. The summed E-state index contributed by atoms with van der Waals surface area (Å²) >= 11 is 9.62. The lowest BCUT2D eigenvalue weighted by molar-refractivity contribution is -0.122. The number of halogens is 3. The third-order valence-electron chi connectivity index (χ3n) is 5.24. The number of hydrogen-bond donors (Lipinski definition) is 1. The molecule has 0 saturated carbocycles. The number of nitrogens with zero attached hydrogens (tertiary/aromatic N) is 1. The minimum atomic E-state index is -0.844. The highest BCUT2D eigenvalue weighted by molar-refractivity contribution is 9.10. The third-order valence-corrected chi connectivity index (χ3v) is 6.39. The van der Waals surface area contributed by atoms with E-state index in [1.54, 1.807) is 55.5 Å². The zero-order valence-electron chi connectivity index (χ0n) is 17.4. The van der Waals surface area contributed by atoms with Crippen molar-refractivity contribution in [3.63, 3.8) is 0 Å². The first-order valence-corrected chi connectivity index (χ1v) is 11.1. The Morgan fingerprint density at radius 2 is 1.79 bits per heavy atom. The molecule has 1 aliphatic rings. The number of aryl methyl sites for hydroxylation is 1. The van der Waals surface area contributed by atoms with E-state index in [1.165, 1.54) is 18.2 Å². The Morgan fingerprint density at radius 1 is 1.03 bits per heavy atom. The lowest BCUT2D eigenvalue weighted by Crippen LogP contribution is -2.54. The minimum absolute atomic E-state index is 0.194. The van der Waals surface area contributed by atoms with E-state index in [0.717, 1.165) is 16.0 Å². The van der Waals surface area contributed by atoms with Gasteiger partial charge in [0.1, 0.15) is 11.4 Å². The van der Waals surface area contributed by atoms with Gasteiger partial charge in [0.25, 0.3) is 11.8 Å². The molecule has 0 unspecified atom stereocenters. The molecule has 8 heteroatoms. The fourth-order valence-corrected chi connectivity index (χ4v) is 4.13. The molecule has 0 radical (unpaired) electrons. The van der Waals surface area contributed by atoms with Gasteiger partial charge in [-0.1, -0.05) is 63.9 Å². The zero-order valence-corrected chi connectivity index (χ0v) is 19.7. The number of amides is 4. The van der Waals surface area contributed by atoms with Crippen LogP contribution in [0.2, 0.25) is 5.02 Å². The number of nitrogens with one attached hydrogen (secondary N) is 1. The molecule has 0 bridgehead atoms. The first-order chi connectivity index (χ1) is 15.7. The Bertz CT molecular complexity index is 1340. The summed E-state index contributed by atoms with van der Waals surface area (Å²) in [6.07, 6.45) is 1.78. The smallest absolute Gasteiger partial charge is 0.273 e. The van der Waals surface area contributed by atoms with Crippen LogP contribution >= 0.6 is 27.5 Å². The van der Waals surface area contributed by atoms with Crippen molar-refractivity contribution in [3.05, 3.63) is 104 Å². The fraction of sp³-hybridized carbons (Fsp3) is 0.0800. The number of urea groups is 1. The molecule has 5 nitrogen and oxygen atoms in total. The number of rotatable bonds is 4. The van der Waals surface area contributed by atoms with Crippen LogP contribution in [-0.2, 0) is 16.0 Å². The van der Waals surface area contributed by atoms with Crippen LogP contribution in [0.1, 0.15) is 22.3 Å². The predicted octanol–water partition coefficient (Wildman–Crippen LogP) is 5.81. The molecule has 0 atom stereocenters. The highest BCUT2D eigenvalue weighted by Crippen LogP contribution is 2.28. The van der Waals surface area contributed by atoms with Crippen LogP contribution in [0.4, 0.5) is 14.9 Å². The molecule has 1 heterocycles. The van der Waals surface area contributed by atoms with E-state index < -0.39 is 17.8 Å². The quantitative estimate of drug-likeness (QED) is 0.344. The van der Waals surface area contributed by atoms with Crippen molar-refractivity contribution in [1.29, 1.82) is 0 Å². The molecular formula is C25H17BrClFN2O3. The van der Waals surface area contributed by atoms with Crippen LogP contribution < -0.4 is 10.2 Å². The number of imide groups is 2. The minimum Gasteiger partial charge on any atom is -0.273 e. The molecule has 1 N–H and O–H groups in total. The summed E-state index contributed by atoms with van der Waals surface area (Å²) in [5, 5.41) is 2.58. The summed E-state index contributed by atoms with van der Waals surface area (Å²) in [4.78, 5) is 38.7. The van der Waals surface area contributed by atoms with Crippen LogP contribution in [0.15, 0.2) is 70.7 Å². The van der Waals surface area contributed by atoms with Crippen molar-refractivity contribution in [2.24, 2.45) is 0 Å². The van der Waals surface area contributed by atoms with Gasteiger partial charge in [-0.25, -0.2) is 14.1 Å². The molecular weight excluding hydrogens is 511 g/mol. The van der Waals surface area contributed by atoms with Crippen LogP contribution in [0.25, 0.3) is 6.08 Å². The van der Waals surface area contributed by atoms with Gasteiger partial charge in [0, 0.05) is 15.9 Å². The monoisotopic (exact) mass is 526 g/mol. The van der Waals surface area contributed by atoms with E-state index in [2.05, 4.69) is 21.2 Å². The van der Waals surface area contributed by atoms with E-state index in [-0.39, 0.29) is 17.1 Å². The van der Waals surface area contributed by atoms with Crippen LogP contribution in [0.3, 0.4) is 0 Å². The Kier molecular flexibility index (Phi) is 6.44. The summed E-state index contributed by atoms with van der Waals surface area (Å²) in [7, 11) is 0. The number of barbiturate groups is 1. The van der Waals surface area contributed by atoms with Crippen LogP contribution in [0.5, 0.6) is 0 Å². The second-order valence-electron chi connectivity index (χ2n) is 7.51. The predicted molar refractivity (Wildman–Crippen MR) is 129 cm³/mol. The summed E-state index contributed by atoms with van der Waals surface area (Å²) in [6, 6.07) is 15.7. The molecule has 1 fully saturated rings. The summed E-state index contributed by atoms with van der Waals surface area (Å²) in [5.74, 6) is -1.83. The number of carbonyl (C=O) groups excluding carboxylic acids is 3. The lowest BCUT2D eigenvalue weighted by atomic mass is 10.0. The Morgan fingerprint density at radius 3 is 2.48 bits per heavy atom. The highest BCUT2D eigenvalue weighted by atomic mass is 79.9. The maximum absolute atomic E-state index is 14.0. The van der Waals surface area contributed by atoms with E-state index in [1.807, 2.05) is 0 Å². The molecule has 3 aromatic carbocycles. The molecule has 1 saturated heterocycles. The topological polar surface area (TPSA) is 66.5 Å². The summed E-state index contributed by atoms with van der Waals surface area (Å²) in [6.45, 7) is 1.80. The van der Waals surface area contributed by atoms with Gasteiger partial charge in [-0.2, -0.15) is 0 Å². The maximum Gasteiger partial charge on any atom is 0.335 e. The highest BCUT2D eigenvalue weighted by Gasteiger charge is 2.37. The average molecular weight is 528 g/mol. The van der Waals surface area contributed by atoms with E-state index in [0.29, 0.717) is 27.0 Å². The van der Waals surface area contributed by atoms with E-state index in [9.17, 15) is 18.8 Å². The van der Waals surface area contributed by atoms with Gasteiger partial charge >= 0.3 is 6.03 Å². The fourth-order valence-electron chi connectivity index (χ4n) is 3.42. The van der Waals surface area contributed by atoms with Crippen molar-refractivity contribution in [2.45, 2.75) is 13.3 Å². The molecule has 0 spiro atoms. The molecule has 166 valence electrons. The average Bonchev–Trinajstić information content (AvgIpc) is 2.76. The first kappa shape index (κ1) is 22.9. The molecule has 4 amide bonds. The molecule has 4 rings (SSSR count). The molecule has 1 aliphatic heterocycles. The van der Waals surface area contributed by atoms with Gasteiger partial charge < -0.3 is 0 Å². The Hall–Kier alpha value is -3.29. The standard InChI is InChI=1S/C25H17BrClFN2O3/c1-14-6-9-18(13-21(14)27)30-24(32)19(23(31)29-25(30)33)10-15-7-8-16(20(26)11-15)12-17-4-2-3-5-22(17)28/h2-11,13H,12H2,1H3,(H,29,31,33)/b19-10+. The van der Waals surface area contributed by atoms with Gasteiger partial charge in [-0.3, -0.25) is 14.9 Å². The van der Waals surface area contributed by atoms with Crippen LogP contribution in [-0.4, -0.2) is 17.8 Å². The molecule has 33 heavy (non-hydrogen) atoms. The van der Waals surface area contributed by atoms with Gasteiger partial charge in [0.05, 0.1) is 5.69 Å². The molecule has 0 aliphatic carbocycles. The maximum atomic E-state index is 14.0. The summed E-state index contributed by atoms with van der Waals surface area (Å²) in [5.41, 5.74) is 2.81. The summed E-state index contributed by atoms with van der Waals surface area (Å²) < 4.78 is 14.7. The number of benzene rings is 3. The van der Waals surface area contributed by atoms with E-state index in [4.69, 9.17) is 11.6 Å². The van der Waals surface area contributed by atoms with Crippen molar-refractivity contribution >= 4 is 57.1 Å². The number of anilines is 1. The van der Waals surface area contributed by atoms with Crippen molar-refractivity contribution < 1.29 is 18.8 Å². The van der Waals surface area contributed by atoms with Crippen molar-refractivity contribution in [2.75, 3.05) is 4.90 Å². The number of carbonyl (C=O) groups is 3. The van der Waals surface area contributed by atoms with Crippen molar-refractivity contribution in [1.82, 2.24) is 5.32 Å². The largest absolute Gasteiger partial charge is 0.335 e. The molecule has 3 aromatic rings. The first-order valence-electron chi connectivity index (χ1n) is 9.94.